The van der Waals surface area contributed by atoms with E-state index in [1.807, 2.05) is 0 Å². The third kappa shape index (κ3) is 3.03. The fraction of sp³-hybridized carbons (Fsp3) is 0.357. The molecule has 0 spiro atoms. The Hall–Kier alpha value is -2.41. The molecule has 0 radical (unpaired) electrons. The molecule has 1 aliphatic heterocycles. The van der Waals surface area contributed by atoms with Crippen LogP contribution in [0, 0.1) is 0 Å². The summed E-state index contributed by atoms with van der Waals surface area (Å²) in [7, 11) is 1.55. The Kier molecular flexibility index (Phi) is 4.54. The molecule has 1 aromatic carbocycles. The quantitative estimate of drug-likeness (QED) is 0.765. The molecule has 0 unspecified atom stereocenters. The lowest BCUT2D eigenvalue weighted by atomic mass is 10.1. The number of hydrogen-bond acceptors (Lipinski definition) is 5. The molecule has 0 bridgehead atoms. The number of carbonyl (C=O) groups is 3. The van der Waals surface area contributed by atoms with Gasteiger partial charge in [-0.15, -0.1) is 5.06 Å². The Morgan fingerprint density at radius 1 is 1.19 bits per heavy atom. The van der Waals surface area contributed by atoms with Crippen LogP contribution in [0.15, 0.2) is 24.3 Å². The van der Waals surface area contributed by atoms with E-state index in [2.05, 4.69) is 0 Å². The number of benzene rings is 1. The molecule has 1 aliphatic rings. The number of ether oxygens (including phenoxy) is 1. The van der Waals surface area contributed by atoms with Crippen molar-refractivity contribution in [2.24, 2.45) is 0 Å². The minimum atomic E-state index is -0.491. The summed E-state index contributed by atoms with van der Waals surface area (Å²) in [5, 5.41) is 0.726. The average Bonchev–Trinajstić information content (AvgIpc) is 2.73. The van der Waals surface area contributed by atoms with Crippen molar-refractivity contribution in [2.75, 3.05) is 26.8 Å². The minimum absolute atomic E-state index is 0.0147. The summed E-state index contributed by atoms with van der Waals surface area (Å²) in [5.74, 6) is -0.983. The predicted octanol–water partition coefficient (Wildman–Crippen LogP) is 1.30. The van der Waals surface area contributed by atoms with Crippen LogP contribution < -0.4 is 0 Å². The van der Waals surface area contributed by atoms with Crippen LogP contribution in [-0.2, 0) is 9.57 Å². The molecule has 3 amide bonds. The number of carbonyl (C=O) groups excluding carboxylic acids is 3. The second kappa shape index (κ2) is 6.36. The van der Waals surface area contributed by atoms with Gasteiger partial charge in [-0.1, -0.05) is 12.1 Å². The van der Waals surface area contributed by atoms with Gasteiger partial charge in [0.2, 0.25) is 0 Å². The van der Waals surface area contributed by atoms with E-state index in [0.717, 1.165) is 5.06 Å². The van der Waals surface area contributed by atoms with Crippen LogP contribution >= 0.6 is 0 Å². The van der Waals surface area contributed by atoms with Crippen molar-refractivity contribution in [1.29, 1.82) is 0 Å². The Morgan fingerprint density at radius 3 is 2.29 bits per heavy atom. The molecule has 112 valence electrons. The van der Waals surface area contributed by atoms with Crippen LogP contribution in [0.5, 0.6) is 0 Å². The molecule has 0 fully saturated rings. The maximum atomic E-state index is 12.0. The molecule has 0 aromatic heterocycles. The zero-order chi connectivity index (χ0) is 15.4. The van der Waals surface area contributed by atoms with Crippen molar-refractivity contribution in [2.45, 2.75) is 6.92 Å². The normalized spacial score (nSPS) is 13.3. The predicted molar refractivity (Wildman–Crippen MR) is 72.5 cm³/mol. The fourth-order valence-corrected chi connectivity index (χ4v) is 1.88. The van der Waals surface area contributed by atoms with Gasteiger partial charge in [0, 0.05) is 13.6 Å². The molecule has 2 rings (SSSR count). The van der Waals surface area contributed by atoms with Crippen LogP contribution in [0.25, 0.3) is 0 Å². The lowest BCUT2D eigenvalue weighted by Gasteiger charge is -2.18. The molecular formula is C14H16N2O5. The van der Waals surface area contributed by atoms with E-state index >= 15 is 0 Å². The summed E-state index contributed by atoms with van der Waals surface area (Å²) < 4.78 is 4.80. The van der Waals surface area contributed by atoms with E-state index in [0.29, 0.717) is 11.1 Å². The van der Waals surface area contributed by atoms with Gasteiger partial charge < -0.3 is 9.64 Å². The van der Waals surface area contributed by atoms with Crippen molar-refractivity contribution in [3.05, 3.63) is 35.4 Å². The molecule has 0 saturated heterocycles. The Labute approximate surface area is 122 Å². The van der Waals surface area contributed by atoms with Crippen molar-refractivity contribution < 1.29 is 24.0 Å². The third-order valence-electron chi connectivity index (χ3n) is 2.98. The van der Waals surface area contributed by atoms with E-state index in [-0.39, 0.29) is 19.8 Å². The van der Waals surface area contributed by atoms with E-state index < -0.39 is 17.9 Å². The van der Waals surface area contributed by atoms with Crippen molar-refractivity contribution in [1.82, 2.24) is 9.96 Å². The number of fused-ring (bicyclic) bond motifs is 1. The molecular weight excluding hydrogens is 276 g/mol. The van der Waals surface area contributed by atoms with Crippen LogP contribution in [0.2, 0.25) is 0 Å². The number of amides is 3. The maximum Gasteiger partial charge on any atom is 0.409 e. The first-order chi connectivity index (χ1) is 10.1. The zero-order valence-electron chi connectivity index (χ0n) is 11.9. The zero-order valence-corrected chi connectivity index (χ0v) is 11.9. The molecule has 1 heterocycles. The lowest BCUT2D eigenvalue weighted by Crippen LogP contribution is -2.35. The standard InChI is InChI=1S/C14H16N2O5/c1-3-20-14(19)15(2)8-9-21-16-12(17)10-6-4-5-7-11(10)13(16)18/h4-7H,3,8-9H2,1-2H3. The first kappa shape index (κ1) is 15.0. The molecule has 21 heavy (non-hydrogen) atoms. The first-order valence-electron chi connectivity index (χ1n) is 6.55. The number of nitrogens with zero attached hydrogens (tertiary/aromatic N) is 2. The monoisotopic (exact) mass is 292 g/mol. The topological polar surface area (TPSA) is 76.2 Å². The van der Waals surface area contributed by atoms with Gasteiger partial charge in [0.1, 0.15) is 0 Å². The average molecular weight is 292 g/mol. The highest BCUT2D eigenvalue weighted by molar-refractivity contribution is 6.20. The van der Waals surface area contributed by atoms with Crippen molar-refractivity contribution >= 4 is 17.9 Å². The van der Waals surface area contributed by atoms with E-state index in [4.69, 9.17) is 9.57 Å². The van der Waals surface area contributed by atoms with Crippen molar-refractivity contribution in [3.8, 4) is 0 Å². The highest BCUT2D eigenvalue weighted by atomic mass is 16.7. The second-order valence-electron chi connectivity index (χ2n) is 4.40. The number of imide groups is 1. The van der Waals surface area contributed by atoms with Gasteiger partial charge in [0.25, 0.3) is 11.8 Å². The van der Waals surface area contributed by atoms with Crippen LogP contribution in [-0.4, -0.2) is 54.7 Å². The highest BCUT2D eigenvalue weighted by Gasteiger charge is 2.36. The van der Waals surface area contributed by atoms with E-state index in [1.165, 1.54) is 4.90 Å². The number of rotatable bonds is 5. The fourth-order valence-electron chi connectivity index (χ4n) is 1.88. The summed E-state index contributed by atoms with van der Waals surface area (Å²) in [6.07, 6.45) is -0.483. The molecule has 7 nitrogen and oxygen atoms in total. The van der Waals surface area contributed by atoms with Gasteiger partial charge in [0.15, 0.2) is 0 Å². The van der Waals surface area contributed by atoms with Gasteiger partial charge in [-0.25, -0.2) is 4.79 Å². The molecule has 0 aliphatic carbocycles. The number of hydrogen-bond donors (Lipinski definition) is 0. The number of likely N-dealkylation sites (N-methyl/N-ethyl adjacent to an activating group) is 1. The van der Waals surface area contributed by atoms with E-state index in [9.17, 15) is 14.4 Å². The first-order valence-corrected chi connectivity index (χ1v) is 6.55. The molecule has 0 saturated carbocycles. The van der Waals surface area contributed by atoms with E-state index in [1.54, 1.807) is 38.2 Å². The largest absolute Gasteiger partial charge is 0.450 e. The second-order valence-corrected chi connectivity index (χ2v) is 4.40. The molecule has 0 atom stereocenters. The summed E-state index contributed by atoms with van der Waals surface area (Å²) in [6.45, 7) is 2.20. The summed E-state index contributed by atoms with van der Waals surface area (Å²) in [5.41, 5.74) is 0.641. The van der Waals surface area contributed by atoms with Gasteiger partial charge in [-0.2, -0.15) is 0 Å². The summed E-state index contributed by atoms with van der Waals surface area (Å²) in [4.78, 5) is 41.9. The highest BCUT2D eigenvalue weighted by Crippen LogP contribution is 2.22. The van der Waals surface area contributed by atoms with Crippen LogP contribution in [0.4, 0.5) is 4.79 Å². The minimum Gasteiger partial charge on any atom is -0.450 e. The molecule has 1 aromatic rings. The Bertz CT molecular complexity index is 537. The lowest BCUT2D eigenvalue weighted by molar-refractivity contribution is -0.0938. The third-order valence-corrected chi connectivity index (χ3v) is 2.98. The summed E-state index contributed by atoms with van der Waals surface area (Å²) in [6, 6.07) is 6.51. The Morgan fingerprint density at radius 2 is 1.76 bits per heavy atom. The van der Waals surface area contributed by atoms with Gasteiger partial charge in [0.05, 0.1) is 24.3 Å². The summed E-state index contributed by atoms with van der Waals surface area (Å²) >= 11 is 0. The maximum absolute atomic E-state index is 12.0. The number of hydroxylamine groups is 2. The van der Waals surface area contributed by atoms with Gasteiger partial charge in [-0.3, -0.25) is 14.4 Å². The van der Waals surface area contributed by atoms with Gasteiger partial charge >= 0.3 is 6.09 Å². The molecule has 7 heteroatoms. The molecule has 0 N–H and O–H groups in total. The van der Waals surface area contributed by atoms with Crippen molar-refractivity contribution in [3.63, 3.8) is 0 Å². The van der Waals surface area contributed by atoms with Crippen LogP contribution in [0.3, 0.4) is 0 Å². The van der Waals surface area contributed by atoms with Gasteiger partial charge in [-0.05, 0) is 19.1 Å². The SMILES string of the molecule is CCOC(=O)N(C)CCON1C(=O)c2ccccc2C1=O. The smallest absolute Gasteiger partial charge is 0.409 e. The Balaban J connectivity index is 1.90. The van der Waals surface area contributed by atoms with Crippen LogP contribution in [0.1, 0.15) is 27.6 Å².